The first kappa shape index (κ1) is 21.1. The first-order valence-electron chi connectivity index (χ1n) is 10.1. The number of benzene rings is 1. The topological polar surface area (TPSA) is 65.0 Å². The van der Waals surface area contributed by atoms with Gasteiger partial charge in [-0.15, -0.1) is 0 Å². The van der Waals surface area contributed by atoms with Crippen LogP contribution in [0.3, 0.4) is 0 Å². The number of aliphatic hydroxyl groups is 1. The van der Waals surface area contributed by atoms with Crippen LogP contribution in [0.25, 0.3) is 0 Å². The summed E-state index contributed by atoms with van der Waals surface area (Å²) >= 11 is 0. The van der Waals surface area contributed by atoms with Crippen molar-refractivity contribution in [1.29, 1.82) is 0 Å². The van der Waals surface area contributed by atoms with Gasteiger partial charge in [-0.1, -0.05) is 26.8 Å². The van der Waals surface area contributed by atoms with Crippen LogP contribution >= 0.6 is 0 Å². The molecule has 0 spiro atoms. The third-order valence-corrected chi connectivity index (χ3v) is 10.2. The number of hydrogen-bond acceptors (Lipinski definition) is 5. The number of aliphatic hydroxyl groups excluding tert-OH is 1. The summed E-state index contributed by atoms with van der Waals surface area (Å²) in [6, 6.07) is 5.85. The van der Waals surface area contributed by atoms with E-state index in [0.29, 0.717) is 23.5 Å². The van der Waals surface area contributed by atoms with E-state index in [2.05, 4.69) is 33.9 Å². The standard InChI is InChI=1S/C22H32O5Si/c1-22(2,3)28(4,5)27-20-12-15(11-16-13-17(23)14-18(16)24)8-9-19(20)26-21-7-6-10-25-21/h8-9,12-13,17,21,23H,6-7,10-11,14H2,1-5H3. The van der Waals surface area contributed by atoms with E-state index in [9.17, 15) is 9.90 Å². The highest BCUT2D eigenvalue weighted by Gasteiger charge is 2.39. The molecule has 6 heteroatoms. The molecular formula is C22H32O5Si. The van der Waals surface area contributed by atoms with Crippen LogP contribution in [0.4, 0.5) is 0 Å². The summed E-state index contributed by atoms with van der Waals surface area (Å²) in [7, 11) is -2.07. The Morgan fingerprint density at radius 1 is 1.25 bits per heavy atom. The highest BCUT2D eigenvalue weighted by molar-refractivity contribution is 6.74. The average molecular weight is 405 g/mol. The van der Waals surface area contributed by atoms with Crippen molar-refractivity contribution >= 4 is 14.1 Å². The molecule has 0 saturated carbocycles. The molecule has 1 saturated heterocycles. The van der Waals surface area contributed by atoms with Crippen molar-refractivity contribution in [2.24, 2.45) is 0 Å². The van der Waals surface area contributed by atoms with Gasteiger partial charge in [-0.05, 0) is 53.9 Å². The number of ketones is 1. The second-order valence-corrected chi connectivity index (χ2v) is 14.0. The molecule has 0 amide bonds. The van der Waals surface area contributed by atoms with E-state index in [0.717, 1.165) is 25.0 Å². The molecule has 1 aromatic rings. The molecule has 1 aromatic carbocycles. The van der Waals surface area contributed by atoms with Crippen molar-refractivity contribution < 1.29 is 23.8 Å². The molecule has 1 N–H and O–H groups in total. The predicted octanol–water partition coefficient (Wildman–Crippen LogP) is 4.39. The Morgan fingerprint density at radius 2 is 2.00 bits per heavy atom. The quantitative estimate of drug-likeness (QED) is 0.713. The minimum Gasteiger partial charge on any atom is -0.541 e. The van der Waals surface area contributed by atoms with E-state index in [1.165, 1.54) is 0 Å². The van der Waals surface area contributed by atoms with Crippen LogP contribution in [0.2, 0.25) is 18.1 Å². The van der Waals surface area contributed by atoms with Crippen LogP contribution in [0, 0.1) is 0 Å². The fourth-order valence-electron chi connectivity index (χ4n) is 3.13. The van der Waals surface area contributed by atoms with E-state index in [1.54, 1.807) is 6.08 Å². The molecular weight excluding hydrogens is 372 g/mol. The molecule has 1 fully saturated rings. The third-order valence-electron chi connectivity index (χ3n) is 5.87. The SMILES string of the molecule is CC(C)(C)[Si](C)(C)Oc1cc(CC2=CC(O)CC2=O)ccc1OC1CCCO1. The summed E-state index contributed by atoms with van der Waals surface area (Å²) in [5, 5.41) is 9.75. The molecule has 154 valence electrons. The highest BCUT2D eigenvalue weighted by Crippen LogP contribution is 2.41. The fourth-order valence-corrected chi connectivity index (χ4v) is 4.15. The molecule has 3 rings (SSSR count). The zero-order valence-electron chi connectivity index (χ0n) is 17.6. The lowest BCUT2D eigenvalue weighted by molar-refractivity contribution is -0.115. The smallest absolute Gasteiger partial charge is 0.250 e. The van der Waals surface area contributed by atoms with Crippen LogP contribution in [-0.2, 0) is 16.0 Å². The van der Waals surface area contributed by atoms with E-state index in [1.807, 2.05) is 18.2 Å². The molecule has 2 aliphatic rings. The number of ether oxygens (including phenoxy) is 2. The average Bonchev–Trinajstić information content (AvgIpc) is 3.18. The lowest BCUT2D eigenvalue weighted by Gasteiger charge is -2.37. The van der Waals surface area contributed by atoms with Gasteiger partial charge in [0.15, 0.2) is 17.8 Å². The van der Waals surface area contributed by atoms with Crippen LogP contribution in [-0.4, -0.2) is 38.2 Å². The highest BCUT2D eigenvalue weighted by atomic mass is 28.4. The molecule has 0 radical (unpaired) electrons. The number of hydrogen-bond donors (Lipinski definition) is 1. The minimum absolute atomic E-state index is 0.0130. The van der Waals surface area contributed by atoms with Gasteiger partial charge in [-0.3, -0.25) is 4.79 Å². The van der Waals surface area contributed by atoms with Gasteiger partial charge >= 0.3 is 0 Å². The second kappa shape index (κ2) is 8.01. The Balaban J connectivity index is 1.87. The Hall–Kier alpha value is -1.63. The van der Waals surface area contributed by atoms with Crippen molar-refractivity contribution in [2.75, 3.05) is 6.61 Å². The van der Waals surface area contributed by atoms with E-state index >= 15 is 0 Å². The first-order chi connectivity index (χ1) is 13.0. The van der Waals surface area contributed by atoms with Gasteiger partial charge in [0.1, 0.15) is 5.75 Å². The van der Waals surface area contributed by atoms with Gasteiger partial charge in [-0.25, -0.2) is 0 Å². The number of carbonyl (C=O) groups excluding carboxylic acids is 1. The fraction of sp³-hybridized carbons (Fsp3) is 0.591. The lowest BCUT2D eigenvalue weighted by atomic mass is 10.0. The number of rotatable bonds is 6. The molecule has 1 aliphatic heterocycles. The summed E-state index contributed by atoms with van der Waals surface area (Å²) in [4.78, 5) is 12.0. The summed E-state index contributed by atoms with van der Waals surface area (Å²) in [5.41, 5.74) is 1.64. The Kier molecular flexibility index (Phi) is 6.03. The van der Waals surface area contributed by atoms with Crippen molar-refractivity contribution in [3.63, 3.8) is 0 Å². The third kappa shape index (κ3) is 4.85. The van der Waals surface area contributed by atoms with Crippen LogP contribution in [0.5, 0.6) is 11.5 Å². The molecule has 0 aromatic heterocycles. The van der Waals surface area contributed by atoms with Crippen LogP contribution in [0.15, 0.2) is 29.8 Å². The van der Waals surface area contributed by atoms with Crippen molar-refractivity contribution in [1.82, 2.24) is 0 Å². The molecule has 28 heavy (non-hydrogen) atoms. The summed E-state index contributed by atoms with van der Waals surface area (Å²) in [5.74, 6) is 1.41. The summed E-state index contributed by atoms with van der Waals surface area (Å²) < 4.78 is 18.3. The van der Waals surface area contributed by atoms with Gasteiger partial charge < -0.3 is 19.0 Å². The summed E-state index contributed by atoms with van der Waals surface area (Å²) in [6.45, 7) is 11.7. The largest absolute Gasteiger partial charge is 0.541 e. The number of allylic oxidation sites excluding steroid dienone is 1. The number of Topliss-reactive ketones (excluding diaryl/α,β-unsaturated/α-hetero) is 1. The molecule has 2 atom stereocenters. The van der Waals surface area contributed by atoms with Gasteiger partial charge in [0, 0.05) is 19.3 Å². The Morgan fingerprint density at radius 3 is 2.57 bits per heavy atom. The maximum Gasteiger partial charge on any atom is 0.250 e. The minimum atomic E-state index is -2.07. The van der Waals surface area contributed by atoms with Crippen LogP contribution < -0.4 is 9.16 Å². The summed E-state index contributed by atoms with van der Waals surface area (Å²) in [6.07, 6.45) is 3.31. The van der Waals surface area contributed by atoms with Gasteiger partial charge in [0.05, 0.1) is 12.7 Å². The predicted molar refractivity (Wildman–Crippen MR) is 111 cm³/mol. The monoisotopic (exact) mass is 404 g/mol. The molecule has 0 bridgehead atoms. The molecule has 1 heterocycles. The van der Waals surface area contributed by atoms with Gasteiger partial charge in [-0.2, -0.15) is 0 Å². The van der Waals surface area contributed by atoms with Crippen molar-refractivity contribution in [3.05, 3.63) is 35.4 Å². The molecule has 5 nitrogen and oxygen atoms in total. The first-order valence-corrected chi connectivity index (χ1v) is 13.0. The van der Waals surface area contributed by atoms with Crippen LogP contribution in [0.1, 0.15) is 45.6 Å². The maximum atomic E-state index is 12.0. The van der Waals surface area contributed by atoms with E-state index < -0.39 is 14.4 Å². The zero-order chi connectivity index (χ0) is 20.5. The normalized spacial score (nSPS) is 23.1. The van der Waals surface area contributed by atoms with Crippen molar-refractivity contribution in [3.8, 4) is 11.5 Å². The molecule has 1 aliphatic carbocycles. The molecule has 2 unspecified atom stereocenters. The second-order valence-electron chi connectivity index (χ2n) is 9.27. The zero-order valence-corrected chi connectivity index (χ0v) is 18.6. The van der Waals surface area contributed by atoms with Gasteiger partial charge in [0.25, 0.3) is 8.32 Å². The van der Waals surface area contributed by atoms with E-state index in [4.69, 9.17) is 13.9 Å². The van der Waals surface area contributed by atoms with E-state index in [-0.39, 0.29) is 23.5 Å². The lowest BCUT2D eigenvalue weighted by Crippen LogP contribution is -2.44. The van der Waals surface area contributed by atoms with Gasteiger partial charge in [0.2, 0.25) is 0 Å². The van der Waals surface area contributed by atoms with Crippen molar-refractivity contribution in [2.45, 2.75) is 77.0 Å². The number of carbonyl (C=O) groups is 1. The maximum absolute atomic E-state index is 12.0. The Bertz CT molecular complexity index is 757. The Labute approximate surface area is 168 Å².